The molecule has 0 bridgehead atoms. The Morgan fingerprint density at radius 1 is 1.36 bits per heavy atom. The fourth-order valence-electron chi connectivity index (χ4n) is 1.56. The third-order valence-electron chi connectivity index (χ3n) is 2.26. The third-order valence-corrected chi connectivity index (χ3v) is 2.26. The van der Waals surface area contributed by atoms with Gasteiger partial charge in [-0.05, 0) is 44.4 Å². The van der Waals surface area contributed by atoms with Crippen LogP contribution in [0, 0.1) is 12.3 Å². The van der Waals surface area contributed by atoms with Crippen molar-refractivity contribution in [2.45, 2.75) is 39.0 Å². The highest BCUT2D eigenvalue weighted by molar-refractivity contribution is 4.76. The van der Waals surface area contributed by atoms with Gasteiger partial charge in [0.2, 0.25) is 0 Å². The molecule has 1 radical (unpaired) electrons. The molecule has 0 aromatic carbocycles. The summed E-state index contributed by atoms with van der Waals surface area (Å²) in [6.45, 7) is 4.11. The summed E-state index contributed by atoms with van der Waals surface area (Å²) in [5, 5.41) is 0. The smallest absolute Gasteiger partial charge is 0.0494 e. The molecule has 1 heteroatoms. The quantitative estimate of drug-likeness (QED) is 0.567. The topological polar surface area (TPSA) is 9.23 Å². The van der Waals surface area contributed by atoms with E-state index in [0.717, 1.165) is 25.6 Å². The van der Waals surface area contributed by atoms with Gasteiger partial charge < -0.3 is 4.74 Å². The first-order valence-electron chi connectivity index (χ1n) is 4.83. The predicted octanol–water partition coefficient (Wildman–Crippen LogP) is 2.81. The molecule has 0 aliphatic heterocycles. The van der Waals surface area contributed by atoms with Crippen LogP contribution in [0.2, 0.25) is 0 Å². The molecule has 0 aromatic heterocycles. The van der Waals surface area contributed by atoms with E-state index in [-0.39, 0.29) is 0 Å². The summed E-state index contributed by atoms with van der Waals surface area (Å²) in [4.78, 5) is 0. The molecule has 0 spiro atoms. The molecule has 0 saturated heterocycles. The second kappa shape index (κ2) is 5.59. The van der Waals surface area contributed by atoms with E-state index in [1.807, 2.05) is 0 Å². The van der Waals surface area contributed by atoms with Crippen LogP contribution < -0.4 is 0 Å². The molecule has 1 aliphatic carbocycles. The summed E-state index contributed by atoms with van der Waals surface area (Å²) in [6.07, 6.45) is 8.86. The number of rotatable bonds is 4. The maximum atomic E-state index is 5.51. The van der Waals surface area contributed by atoms with Crippen molar-refractivity contribution in [3.05, 3.63) is 6.42 Å². The molecule has 65 valence electrons. The molecule has 0 heterocycles. The number of hydrogen-bond donors (Lipinski definition) is 0. The highest BCUT2D eigenvalue weighted by Crippen LogP contribution is 2.22. The minimum absolute atomic E-state index is 0.853. The van der Waals surface area contributed by atoms with Crippen LogP contribution in [0.5, 0.6) is 0 Å². The molecule has 0 aromatic rings. The first-order valence-corrected chi connectivity index (χ1v) is 4.83. The molecule has 0 amide bonds. The van der Waals surface area contributed by atoms with E-state index in [0.29, 0.717) is 0 Å². The third kappa shape index (κ3) is 3.76. The van der Waals surface area contributed by atoms with Gasteiger partial charge in [0, 0.05) is 13.2 Å². The van der Waals surface area contributed by atoms with Crippen molar-refractivity contribution >= 4 is 0 Å². The van der Waals surface area contributed by atoms with Gasteiger partial charge in [-0.1, -0.05) is 6.92 Å². The zero-order chi connectivity index (χ0) is 7.94. The molecule has 1 rings (SSSR count). The molecule has 1 nitrogen and oxygen atoms in total. The van der Waals surface area contributed by atoms with Crippen LogP contribution >= 0.6 is 0 Å². The molecule has 0 N–H and O–H groups in total. The van der Waals surface area contributed by atoms with E-state index in [4.69, 9.17) is 4.74 Å². The molecule has 1 fully saturated rings. The highest BCUT2D eigenvalue weighted by atomic mass is 16.5. The molecule has 0 unspecified atom stereocenters. The largest absolute Gasteiger partial charge is 0.381 e. The second-order valence-electron chi connectivity index (χ2n) is 3.38. The lowest BCUT2D eigenvalue weighted by Crippen LogP contribution is -2.13. The molecule has 11 heavy (non-hydrogen) atoms. The van der Waals surface area contributed by atoms with Crippen LogP contribution in [0.25, 0.3) is 0 Å². The lowest BCUT2D eigenvalue weighted by atomic mass is 9.90. The van der Waals surface area contributed by atoms with Crippen LogP contribution in [0.3, 0.4) is 0 Å². The van der Waals surface area contributed by atoms with E-state index < -0.39 is 0 Å². The minimum atomic E-state index is 0.853. The van der Waals surface area contributed by atoms with E-state index in [9.17, 15) is 0 Å². The van der Waals surface area contributed by atoms with Crippen LogP contribution in [0.4, 0.5) is 0 Å². The van der Waals surface area contributed by atoms with Crippen molar-refractivity contribution in [3.8, 4) is 0 Å². The Bertz CT molecular complexity index is 84.9. The van der Waals surface area contributed by atoms with Crippen LogP contribution in [-0.4, -0.2) is 13.2 Å². The Labute approximate surface area is 70.1 Å². The van der Waals surface area contributed by atoms with Crippen molar-refractivity contribution in [2.75, 3.05) is 13.2 Å². The summed E-state index contributed by atoms with van der Waals surface area (Å²) >= 11 is 0. The zero-order valence-electron chi connectivity index (χ0n) is 7.51. The van der Waals surface area contributed by atoms with Crippen molar-refractivity contribution in [2.24, 2.45) is 5.92 Å². The Balaban J connectivity index is 1.96. The van der Waals surface area contributed by atoms with Crippen molar-refractivity contribution < 1.29 is 4.74 Å². The van der Waals surface area contributed by atoms with Gasteiger partial charge in [-0.15, -0.1) is 0 Å². The van der Waals surface area contributed by atoms with Gasteiger partial charge in [0.05, 0.1) is 0 Å². The van der Waals surface area contributed by atoms with Crippen LogP contribution in [0.15, 0.2) is 0 Å². The van der Waals surface area contributed by atoms with Crippen LogP contribution in [0.1, 0.15) is 39.0 Å². The molecule has 0 atom stereocenters. The van der Waals surface area contributed by atoms with Crippen molar-refractivity contribution in [3.63, 3.8) is 0 Å². The van der Waals surface area contributed by atoms with Crippen LogP contribution in [-0.2, 0) is 4.74 Å². The summed E-state index contributed by atoms with van der Waals surface area (Å²) in [7, 11) is 0. The number of hydrogen-bond acceptors (Lipinski definition) is 1. The molecule has 1 aliphatic rings. The molecular formula is C10H19O. The van der Waals surface area contributed by atoms with Gasteiger partial charge in [-0.3, -0.25) is 0 Å². The minimum Gasteiger partial charge on any atom is -0.381 e. The molecule has 1 saturated carbocycles. The fourth-order valence-corrected chi connectivity index (χ4v) is 1.56. The summed E-state index contributed by atoms with van der Waals surface area (Å²) in [6, 6.07) is 0. The average Bonchev–Trinajstić information content (AvgIpc) is 2.07. The lowest BCUT2D eigenvalue weighted by Gasteiger charge is -2.20. The Kier molecular flexibility index (Phi) is 4.60. The maximum Gasteiger partial charge on any atom is 0.0494 e. The lowest BCUT2D eigenvalue weighted by molar-refractivity contribution is 0.0897. The van der Waals surface area contributed by atoms with E-state index in [1.165, 1.54) is 25.7 Å². The van der Waals surface area contributed by atoms with Gasteiger partial charge in [0.15, 0.2) is 0 Å². The first kappa shape index (κ1) is 9.05. The molecular weight excluding hydrogens is 136 g/mol. The van der Waals surface area contributed by atoms with Crippen molar-refractivity contribution in [1.82, 2.24) is 0 Å². The van der Waals surface area contributed by atoms with Gasteiger partial charge in [0.25, 0.3) is 0 Å². The van der Waals surface area contributed by atoms with E-state index >= 15 is 0 Å². The van der Waals surface area contributed by atoms with Gasteiger partial charge >= 0.3 is 0 Å². The highest BCUT2D eigenvalue weighted by Gasteiger charge is 2.12. The Morgan fingerprint density at radius 2 is 2.09 bits per heavy atom. The summed E-state index contributed by atoms with van der Waals surface area (Å²) < 4.78 is 5.51. The Morgan fingerprint density at radius 3 is 2.73 bits per heavy atom. The van der Waals surface area contributed by atoms with Gasteiger partial charge in [-0.25, -0.2) is 0 Å². The first-order chi connectivity index (χ1) is 5.43. The predicted molar refractivity (Wildman–Crippen MR) is 47.4 cm³/mol. The fraction of sp³-hybridized carbons (Fsp3) is 0.900. The summed E-state index contributed by atoms with van der Waals surface area (Å²) in [5.41, 5.74) is 0. The Hall–Kier alpha value is -0.0400. The SMILES string of the molecule is CCCOCC1CC[CH]CC1. The van der Waals surface area contributed by atoms with Crippen molar-refractivity contribution in [1.29, 1.82) is 0 Å². The average molecular weight is 155 g/mol. The zero-order valence-corrected chi connectivity index (χ0v) is 7.51. The van der Waals surface area contributed by atoms with Gasteiger partial charge in [0.1, 0.15) is 0 Å². The number of ether oxygens (including phenoxy) is 1. The maximum absolute atomic E-state index is 5.51. The monoisotopic (exact) mass is 155 g/mol. The standard InChI is InChI=1S/C10H19O/c1-2-8-11-9-10-6-4-3-5-7-10/h3,10H,2,4-9H2,1H3. The van der Waals surface area contributed by atoms with E-state index in [2.05, 4.69) is 13.3 Å². The second-order valence-corrected chi connectivity index (χ2v) is 3.38. The normalized spacial score (nSPS) is 20.5. The summed E-state index contributed by atoms with van der Waals surface area (Å²) in [5.74, 6) is 0.853. The van der Waals surface area contributed by atoms with Gasteiger partial charge in [-0.2, -0.15) is 0 Å². The van der Waals surface area contributed by atoms with E-state index in [1.54, 1.807) is 0 Å².